The molecule has 0 aromatic heterocycles. The summed E-state index contributed by atoms with van der Waals surface area (Å²) in [6.07, 6.45) is 1.12. The highest BCUT2D eigenvalue weighted by molar-refractivity contribution is 7.92. The van der Waals surface area contributed by atoms with Gasteiger partial charge >= 0.3 is 0 Å². The third kappa shape index (κ3) is 4.11. The number of sulfonamides is 1. The van der Waals surface area contributed by atoms with E-state index in [1.165, 1.54) is 14.2 Å². The Balaban J connectivity index is 2.40. The lowest BCUT2D eigenvalue weighted by Gasteiger charge is -2.20. The van der Waals surface area contributed by atoms with E-state index in [1.807, 2.05) is 19.1 Å². The highest BCUT2D eigenvalue weighted by Gasteiger charge is 2.19. The maximum atomic E-state index is 12.7. The normalized spacial score (nSPS) is 11.1. The summed E-state index contributed by atoms with van der Waals surface area (Å²) in [5.74, 6) is 0.228. The van der Waals surface area contributed by atoms with Crippen LogP contribution in [0.15, 0.2) is 36.4 Å². The van der Waals surface area contributed by atoms with Crippen LogP contribution in [0.25, 0.3) is 0 Å². The van der Waals surface area contributed by atoms with Gasteiger partial charge in [0.2, 0.25) is 10.0 Å². The minimum Gasteiger partial charge on any atom is -0.495 e. The number of methoxy groups -OCH3 is 1. The second-order valence-corrected chi connectivity index (χ2v) is 7.85. The van der Waals surface area contributed by atoms with E-state index in [0.29, 0.717) is 28.3 Å². The van der Waals surface area contributed by atoms with Crippen molar-refractivity contribution in [1.29, 1.82) is 0 Å². The molecule has 0 aliphatic heterocycles. The Morgan fingerprint density at radius 1 is 1.16 bits per heavy atom. The monoisotopic (exact) mass is 362 g/mol. The molecule has 0 radical (unpaired) electrons. The first-order chi connectivity index (χ1) is 11.6. The first-order valence-corrected chi connectivity index (χ1v) is 9.49. The molecule has 0 aliphatic carbocycles. The van der Waals surface area contributed by atoms with Crippen molar-refractivity contribution in [3.05, 3.63) is 53.1 Å². The summed E-state index contributed by atoms with van der Waals surface area (Å²) in [5, 5.41) is 2.83. The van der Waals surface area contributed by atoms with E-state index in [9.17, 15) is 13.2 Å². The third-order valence-corrected chi connectivity index (χ3v) is 5.18. The molecule has 1 N–H and O–H groups in total. The number of nitrogens with zero attached hydrogens (tertiary/aromatic N) is 1. The van der Waals surface area contributed by atoms with Gasteiger partial charge in [0.1, 0.15) is 5.75 Å². The summed E-state index contributed by atoms with van der Waals surface area (Å²) in [4.78, 5) is 12.7. The van der Waals surface area contributed by atoms with Crippen LogP contribution in [0.1, 0.15) is 21.5 Å². The van der Waals surface area contributed by atoms with Crippen molar-refractivity contribution in [3.8, 4) is 5.75 Å². The first kappa shape index (κ1) is 18.8. The molecule has 7 heteroatoms. The van der Waals surface area contributed by atoms with Gasteiger partial charge in [-0.05, 0) is 49.2 Å². The van der Waals surface area contributed by atoms with Crippen molar-refractivity contribution in [1.82, 2.24) is 0 Å². The molecule has 0 spiro atoms. The van der Waals surface area contributed by atoms with Gasteiger partial charge in [-0.25, -0.2) is 8.42 Å². The van der Waals surface area contributed by atoms with Gasteiger partial charge in [-0.15, -0.1) is 0 Å². The Bertz CT molecular complexity index is 907. The average molecular weight is 362 g/mol. The zero-order valence-corrected chi connectivity index (χ0v) is 15.8. The summed E-state index contributed by atoms with van der Waals surface area (Å²) in [7, 11) is -0.418. The summed E-state index contributed by atoms with van der Waals surface area (Å²) in [5.41, 5.74) is 3.00. The van der Waals surface area contributed by atoms with Crippen LogP contribution in [0.4, 0.5) is 11.4 Å². The molecule has 2 aromatic rings. The Kier molecular flexibility index (Phi) is 5.37. The van der Waals surface area contributed by atoms with Crippen molar-refractivity contribution < 1.29 is 17.9 Å². The van der Waals surface area contributed by atoms with Gasteiger partial charge in [-0.2, -0.15) is 0 Å². The van der Waals surface area contributed by atoms with E-state index < -0.39 is 10.0 Å². The van der Waals surface area contributed by atoms with Gasteiger partial charge in [0.25, 0.3) is 5.91 Å². The molecule has 0 heterocycles. The lowest BCUT2D eigenvalue weighted by molar-refractivity contribution is 0.102. The molecule has 2 aromatic carbocycles. The largest absolute Gasteiger partial charge is 0.495 e. The Morgan fingerprint density at radius 2 is 1.84 bits per heavy atom. The quantitative estimate of drug-likeness (QED) is 0.887. The van der Waals surface area contributed by atoms with Crippen molar-refractivity contribution in [2.75, 3.05) is 30.0 Å². The molecule has 0 bridgehead atoms. The van der Waals surface area contributed by atoms with Crippen LogP contribution in [0.5, 0.6) is 5.75 Å². The van der Waals surface area contributed by atoms with Crippen LogP contribution in [0, 0.1) is 13.8 Å². The van der Waals surface area contributed by atoms with Crippen LogP contribution in [-0.2, 0) is 10.0 Å². The maximum Gasteiger partial charge on any atom is 0.256 e. The van der Waals surface area contributed by atoms with E-state index in [0.717, 1.165) is 16.1 Å². The second-order valence-electron chi connectivity index (χ2n) is 5.84. The van der Waals surface area contributed by atoms with E-state index >= 15 is 0 Å². The lowest BCUT2D eigenvalue weighted by Crippen LogP contribution is -2.26. The number of carbonyl (C=O) groups is 1. The number of carbonyl (C=O) groups excluding carboxylic acids is 1. The van der Waals surface area contributed by atoms with E-state index in [1.54, 1.807) is 31.2 Å². The van der Waals surface area contributed by atoms with E-state index in [-0.39, 0.29) is 5.91 Å². The molecule has 0 saturated carbocycles. The zero-order chi connectivity index (χ0) is 18.8. The molecule has 0 atom stereocenters. The molecule has 0 fully saturated rings. The Labute approximate surface area is 148 Å². The molecule has 0 aliphatic rings. The van der Waals surface area contributed by atoms with Crippen LogP contribution in [-0.4, -0.2) is 34.7 Å². The Morgan fingerprint density at radius 3 is 2.44 bits per heavy atom. The summed E-state index contributed by atoms with van der Waals surface area (Å²) in [6, 6.07) is 10.5. The van der Waals surface area contributed by atoms with Crippen molar-refractivity contribution >= 4 is 27.3 Å². The van der Waals surface area contributed by atoms with Gasteiger partial charge in [-0.1, -0.05) is 12.1 Å². The van der Waals surface area contributed by atoms with Crippen LogP contribution in [0.2, 0.25) is 0 Å². The SMILES string of the molecule is COc1ccc(C)cc1NC(=O)c1cccc(N(C)S(C)(=O)=O)c1C. The fourth-order valence-electron chi connectivity index (χ4n) is 2.50. The van der Waals surface area contributed by atoms with Gasteiger partial charge in [0.15, 0.2) is 0 Å². The standard InChI is InChI=1S/C18H22N2O4S/c1-12-9-10-17(24-4)15(11-12)19-18(21)14-7-6-8-16(13(14)2)20(3)25(5,22)23/h6-11H,1-5H3,(H,19,21). The number of aryl methyl sites for hydroxylation is 1. The van der Waals surface area contributed by atoms with Gasteiger partial charge in [0.05, 0.1) is 24.7 Å². The van der Waals surface area contributed by atoms with E-state index in [4.69, 9.17) is 4.74 Å². The smallest absolute Gasteiger partial charge is 0.256 e. The lowest BCUT2D eigenvalue weighted by atomic mass is 10.1. The van der Waals surface area contributed by atoms with Gasteiger partial charge < -0.3 is 10.1 Å². The molecule has 6 nitrogen and oxygen atoms in total. The number of benzene rings is 2. The molecule has 134 valence electrons. The van der Waals surface area contributed by atoms with Crippen molar-refractivity contribution in [3.63, 3.8) is 0 Å². The third-order valence-electron chi connectivity index (χ3n) is 3.99. The fraction of sp³-hybridized carbons (Fsp3) is 0.278. The van der Waals surface area contributed by atoms with Crippen molar-refractivity contribution in [2.45, 2.75) is 13.8 Å². The predicted molar refractivity (Wildman–Crippen MR) is 100 cm³/mol. The number of amides is 1. The maximum absolute atomic E-state index is 12.7. The molecule has 2 rings (SSSR count). The predicted octanol–water partition coefficient (Wildman–Crippen LogP) is 2.96. The highest BCUT2D eigenvalue weighted by atomic mass is 32.2. The van der Waals surface area contributed by atoms with Crippen molar-refractivity contribution in [2.24, 2.45) is 0 Å². The number of hydrogen-bond donors (Lipinski definition) is 1. The topological polar surface area (TPSA) is 75.7 Å². The summed E-state index contributed by atoms with van der Waals surface area (Å²) >= 11 is 0. The zero-order valence-electron chi connectivity index (χ0n) is 15.0. The molecule has 1 amide bonds. The number of ether oxygens (including phenoxy) is 1. The number of rotatable bonds is 5. The minimum absolute atomic E-state index is 0.329. The fourth-order valence-corrected chi connectivity index (χ4v) is 3.05. The van der Waals surface area contributed by atoms with E-state index in [2.05, 4.69) is 5.32 Å². The average Bonchev–Trinajstić information content (AvgIpc) is 2.53. The van der Waals surface area contributed by atoms with Crippen LogP contribution < -0.4 is 14.4 Å². The second kappa shape index (κ2) is 7.14. The highest BCUT2D eigenvalue weighted by Crippen LogP contribution is 2.28. The van der Waals surface area contributed by atoms with Crippen LogP contribution in [0.3, 0.4) is 0 Å². The molecular weight excluding hydrogens is 340 g/mol. The van der Waals surface area contributed by atoms with Gasteiger partial charge in [0, 0.05) is 12.6 Å². The molecule has 0 saturated heterocycles. The number of nitrogens with one attached hydrogen (secondary N) is 1. The Hall–Kier alpha value is -2.54. The van der Waals surface area contributed by atoms with Crippen LogP contribution >= 0.6 is 0 Å². The molecule has 25 heavy (non-hydrogen) atoms. The molecule has 0 unspecified atom stereocenters. The first-order valence-electron chi connectivity index (χ1n) is 7.64. The summed E-state index contributed by atoms with van der Waals surface area (Å²) in [6.45, 7) is 3.64. The van der Waals surface area contributed by atoms with Gasteiger partial charge in [-0.3, -0.25) is 9.10 Å². The number of hydrogen-bond acceptors (Lipinski definition) is 4. The molecular formula is C18H22N2O4S. The summed E-state index contributed by atoms with van der Waals surface area (Å²) < 4.78 is 30.0. The number of anilines is 2. The minimum atomic E-state index is -3.41.